The van der Waals surface area contributed by atoms with E-state index < -0.39 is 5.97 Å². The molecule has 1 aromatic rings. The SMILES string of the molecule is O=C(O)CC1NNc2ncccc21. The number of carboxylic acids is 1. The largest absolute Gasteiger partial charge is 0.481 e. The summed E-state index contributed by atoms with van der Waals surface area (Å²) in [6, 6.07) is 3.48. The molecule has 5 nitrogen and oxygen atoms in total. The molecule has 0 bridgehead atoms. The van der Waals surface area contributed by atoms with Crippen molar-refractivity contribution in [2.75, 3.05) is 5.43 Å². The predicted molar refractivity (Wildman–Crippen MR) is 46.0 cm³/mol. The van der Waals surface area contributed by atoms with Crippen molar-refractivity contribution in [3.05, 3.63) is 23.9 Å². The summed E-state index contributed by atoms with van der Waals surface area (Å²) in [5.74, 6) is -0.107. The molecule has 0 spiro atoms. The lowest BCUT2D eigenvalue weighted by Gasteiger charge is -2.05. The number of carbonyl (C=O) groups is 1. The standard InChI is InChI=1S/C8H9N3O2/c12-7(13)4-6-5-2-1-3-9-8(5)11-10-6/h1-3,6,10H,4H2,(H,9,11)(H,12,13). The van der Waals surface area contributed by atoms with Gasteiger partial charge in [-0.2, -0.15) is 0 Å². The highest BCUT2D eigenvalue weighted by Crippen LogP contribution is 2.27. The third-order valence-electron chi connectivity index (χ3n) is 1.96. The molecule has 0 aliphatic carbocycles. The molecule has 0 aromatic carbocycles. The van der Waals surface area contributed by atoms with E-state index in [2.05, 4.69) is 15.8 Å². The van der Waals surface area contributed by atoms with Gasteiger partial charge in [0.1, 0.15) is 5.82 Å². The number of anilines is 1. The maximum absolute atomic E-state index is 10.5. The second kappa shape index (κ2) is 3.02. The quantitative estimate of drug-likeness (QED) is 0.617. The lowest BCUT2D eigenvalue weighted by molar-refractivity contribution is -0.137. The molecule has 68 valence electrons. The van der Waals surface area contributed by atoms with Crippen molar-refractivity contribution in [1.29, 1.82) is 0 Å². The lowest BCUT2D eigenvalue weighted by Crippen LogP contribution is -2.21. The summed E-state index contributed by atoms with van der Waals surface area (Å²) in [6.07, 6.45) is 1.72. The maximum atomic E-state index is 10.5. The van der Waals surface area contributed by atoms with Crippen LogP contribution < -0.4 is 10.9 Å². The Morgan fingerprint density at radius 1 is 1.69 bits per heavy atom. The molecule has 0 amide bonds. The van der Waals surface area contributed by atoms with Gasteiger partial charge in [-0.3, -0.25) is 4.79 Å². The Bertz CT molecular complexity index is 340. The first-order valence-electron chi connectivity index (χ1n) is 3.95. The number of fused-ring (bicyclic) bond motifs is 1. The molecule has 1 atom stereocenters. The summed E-state index contributed by atoms with van der Waals surface area (Å²) >= 11 is 0. The second-order valence-corrected chi connectivity index (χ2v) is 2.86. The highest BCUT2D eigenvalue weighted by molar-refractivity contribution is 5.69. The molecule has 13 heavy (non-hydrogen) atoms. The minimum atomic E-state index is -0.823. The highest BCUT2D eigenvalue weighted by atomic mass is 16.4. The van der Waals surface area contributed by atoms with Gasteiger partial charge in [-0.05, 0) is 6.07 Å². The van der Waals surface area contributed by atoms with Crippen molar-refractivity contribution >= 4 is 11.8 Å². The van der Waals surface area contributed by atoms with E-state index in [1.807, 2.05) is 6.07 Å². The van der Waals surface area contributed by atoms with Gasteiger partial charge in [-0.1, -0.05) is 6.07 Å². The average Bonchev–Trinajstić information content (AvgIpc) is 2.48. The van der Waals surface area contributed by atoms with Crippen LogP contribution in [0.1, 0.15) is 18.0 Å². The van der Waals surface area contributed by atoms with Gasteiger partial charge in [-0.15, -0.1) is 0 Å². The number of carboxylic acid groups (broad SMARTS) is 1. The Labute approximate surface area is 74.8 Å². The lowest BCUT2D eigenvalue weighted by atomic mass is 10.1. The molecular weight excluding hydrogens is 170 g/mol. The normalized spacial score (nSPS) is 19.2. The van der Waals surface area contributed by atoms with Gasteiger partial charge in [0.05, 0.1) is 12.5 Å². The topological polar surface area (TPSA) is 74.2 Å². The first kappa shape index (κ1) is 8.00. The Balaban J connectivity index is 2.23. The molecule has 1 aromatic heterocycles. The van der Waals surface area contributed by atoms with Crippen LogP contribution in [0, 0.1) is 0 Å². The first-order valence-corrected chi connectivity index (χ1v) is 3.95. The molecule has 0 saturated heterocycles. The number of rotatable bonds is 2. The molecule has 1 aliphatic heterocycles. The number of aromatic nitrogens is 1. The van der Waals surface area contributed by atoms with Gasteiger partial charge in [0.15, 0.2) is 0 Å². The summed E-state index contributed by atoms with van der Waals surface area (Å²) in [5, 5.41) is 8.61. The summed E-state index contributed by atoms with van der Waals surface area (Å²) in [6.45, 7) is 0. The monoisotopic (exact) mass is 179 g/mol. The van der Waals surface area contributed by atoms with Crippen LogP contribution in [0.15, 0.2) is 18.3 Å². The number of hydrogen-bond donors (Lipinski definition) is 3. The van der Waals surface area contributed by atoms with E-state index in [-0.39, 0.29) is 12.5 Å². The molecule has 1 unspecified atom stereocenters. The highest BCUT2D eigenvalue weighted by Gasteiger charge is 2.24. The Morgan fingerprint density at radius 3 is 3.31 bits per heavy atom. The van der Waals surface area contributed by atoms with Gasteiger partial charge in [0.2, 0.25) is 0 Å². The molecule has 2 heterocycles. The van der Waals surface area contributed by atoms with Crippen LogP contribution in [0.25, 0.3) is 0 Å². The fourth-order valence-corrected chi connectivity index (χ4v) is 1.37. The van der Waals surface area contributed by atoms with E-state index in [0.717, 1.165) is 5.56 Å². The van der Waals surface area contributed by atoms with Crippen LogP contribution in [0.5, 0.6) is 0 Å². The number of nitrogens with zero attached hydrogens (tertiary/aromatic N) is 1. The zero-order valence-electron chi connectivity index (χ0n) is 6.82. The Kier molecular flexibility index (Phi) is 1.86. The summed E-state index contributed by atoms with van der Waals surface area (Å²) < 4.78 is 0. The van der Waals surface area contributed by atoms with Gasteiger partial charge in [0.25, 0.3) is 0 Å². The molecular formula is C8H9N3O2. The van der Waals surface area contributed by atoms with Crippen LogP contribution in [-0.2, 0) is 4.79 Å². The molecule has 2 rings (SSSR count). The zero-order valence-corrected chi connectivity index (χ0v) is 6.82. The maximum Gasteiger partial charge on any atom is 0.305 e. The number of aliphatic carboxylic acids is 1. The van der Waals surface area contributed by atoms with Crippen LogP contribution in [-0.4, -0.2) is 16.1 Å². The van der Waals surface area contributed by atoms with E-state index in [1.54, 1.807) is 12.3 Å². The molecule has 0 radical (unpaired) electrons. The average molecular weight is 179 g/mol. The van der Waals surface area contributed by atoms with Crippen molar-refractivity contribution in [2.24, 2.45) is 0 Å². The van der Waals surface area contributed by atoms with Crippen molar-refractivity contribution in [3.8, 4) is 0 Å². The number of hydrazine groups is 1. The molecule has 0 saturated carbocycles. The smallest absolute Gasteiger partial charge is 0.305 e. The van der Waals surface area contributed by atoms with Crippen molar-refractivity contribution < 1.29 is 9.90 Å². The fourth-order valence-electron chi connectivity index (χ4n) is 1.37. The third-order valence-corrected chi connectivity index (χ3v) is 1.96. The number of hydrogen-bond acceptors (Lipinski definition) is 4. The van der Waals surface area contributed by atoms with Gasteiger partial charge in [-0.25, -0.2) is 10.4 Å². The van der Waals surface area contributed by atoms with E-state index in [9.17, 15) is 4.79 Å². The summed E-state index contributed by atoms with van der Waals surface area (Å²) in [5.41, 5.74) is 6.60. The first-order chi connectivity index (χ1) is 6.27. The second-order valence-electron chi connectivity index (χ2n) is 2.86. The fraction of sp³-hybridized carbons (Fsp3) is 0.250. The van der Waals surface area contributed by atoms with Crippen molar-refractivity contribution in [2.45, 2.75) is 12.5 Å². The van der Waals surface area contributed by atoms with Gasteiger partial charge in [0, 0.05) is 11.8 Å². The third kappa shape index (κ3) is 1.46. The number of nitrogens with one attached hydrogen (secondary N) is 2. The van der Waals surface area contributed by atoms with Crippen LogP contribution in [0.4, 0.5) is 5.82 Å². The van der Waals surface area contributed by atoms with Gasteiger partial charge >= 0.3 is 5.97 Å². The van der Waals surface area contributed by atoms with E-state index >= 15 is 0 Å². The van der Waals surface area contributed by atoms with Crippen LogP contribution in [0.2, 0.25) is 0 Å². The van der Waals surface area contributed by atoms with Crippen molar-refractivity contribution in [1.82, 2.24) is 10.4 Å². The van der Waals surface area contributed by atoms with E-state index in [1.165, 1.54) is 0 Å². The van der Waals surface area contributed by atoms with E-state index in [4.69, 9.17) is 5.11 Å². The molecule has 0 fully saturated rings. The predicted octanol–water partition coefficient (Wildman–Crippen LogP) is 0.527. The minimum Gasteiger partial charge on any atom is -0.481 e. The Hall–Kier alpha value is -1.62. The summed E-state index contributed by atoms with van der Waals surface area (Å²) in [4.78, 5) is 14.5. The van der Waals surface area contributed by atoms with Crippen LogP contribution >= 0.6 is 0 Å². The van der Waals surface area contributed by atoms with Crippen LogP contribution in [0.3, 0.4) is 0 Å². The summed E-state index contributed by atoms with van der Waals surface area (Å²) in [7, 11) is 0. The minimum absolute atomic E-state index is 0.0612. The van der Waals surface area contributed by atoms with Crippen molar-refractivity contribution in [3.63, 3.8) is 0 Å². The molecule has 5 heteroatoms. The number of pyridine rings is 1. The van der Waals surface area contributed by atoms with E-state index in [0.29, 0.717) is 5.82 Å². The zero-order chi connectivity index (χ0) is 9.26. The van der Waals surface area contributed by atoms with Gasteiger partial charge < -0.3 is 10.5 Å². The molecule has 3 N–H and O–H groups in total. The Morgan fingerprint density at radius 2 is 2.54 bits per heavy atom. The molecule has 1 aliphatic rings.